The number of methoxy groups -OCH3 is 1. The van der Waals surface area contributed by atoms with Crippen molar-refractivity contribution < 1.29 is 14.3 Å². The van der Waals surface area contributed by atoms with Crippen LogP contribution in [0.1, 0.15) is 19.4 Å². The van der Waals surface area contributed by atoms with Crippen molar-refractivity contribution in [3.8, 4) is 0 Å². The Bertz CT molecular complexity index is 418. The fourth-order valence-electron chi connectivity index (χ4n) is 1.65. The molecular weight excluding hydrogens is 244 g/mol. The highest BCUT2D eigenvalue weighted by Crippen LogP contribution is 2.04. The summed E-state index contributed by atoms with van der Waals surface area (Å²) in [4.78, 5) is 23.3. The van der Waals surface area contributed by atoms with E-state index in [-0.39, 0.29) is 12.1 Å². The Morgan fingerprint density at radius 3 is 2.32 bits per heavy atom. The number of esters is 1. The standard InChI is InChI=1S/C14H20N2O3/c1-10(2)15-14(18)16-12(13(17)19-3)9-11-7-5-4-6-8-11/h4-8,10,12H,9H2,1-3H3,(H2,15,16,18). The molecular formula is C14H20N2O3. The molecule has 0 aliphatic rings. The van der Waals surface area contributed by atoms with E-state index in [9.17, 15) is 9.59 Å². The average molecular weight is 264 g/mol. The lowest BCUT2D eigenvalue weighted by Crippen LogP contribution is -2.49. The van der Waals surface area contributed by atoms with Crippen molar-refractivity contribution in [3.63, 3.8) is 0 Å². The largest absolute Gasteiger partial charge is 0.467 e. The fraction of sp³-hybridized carbons (Fsp3) is 0.429. The first-order valence-corrected chi connectivity index (χ1v) is 6.21. The number of ether oxygens (including phenoxy) is 1. The van der Waals surface area contributed by atoms with E-state index in [0.29, 0.717) is 6.42 Å². The van der Waals surface area contributed by atoms with Gasteiger partial charge in [-0.1, -0.05) is 30.3 Å². The zero-order chi connectivity index (χ0) is 14.3. The first-order valence-electron chi connectivity index (χ1n) is 6.21. The predicted octanol–water partition coefficient (Wildman–Crippen LogP) is 1.48. The van der Waals surface area contributed by atoms with Crippen molar-refractivity contribution in [3.05, 3.63) is 35.9 Å². The molecule has 0 radical (unpaired) electrons. The van der Waals surface area contributed by atoms with Crippen molar-refractivity contribution in [2.75, 3.05) is 7.11 Å². The van der Waals surface area contributed by atoms with E-state index in [4.69, 9.17) is 4.74 Å². The summed E-state index contributed by atoms with van der Waals surface area (Å²) in [5.41, 5.74) is 0.961. The molecule has 2 N–H and O–H groups in total. The maximum Gasteiger partial charge on any atom is 0.328 e. The Kier molecular flexibility index (Phi) is 5.85. The molecule has 5 heteroatoms. The van der Waals surface area contributed by atoms with Gasteiger partial charge in [-0.15, -0.1) is 0 Å². The lowest BCUT2D eigenvalue weighted by Gasteiger charge is -2.18. The van der Waals surface area contributed by atoms with E-state index < -0.39 is 12.0 Å². The molecule has 0 saturated heterocycles. The van der Waals surface area contributed by atoms with Crippen LogP contribution in [0.3, 0.4) is 0 Å². The molecule has 0 fully saturated rings. The van der Waals surface area contributed by atoms with Crippen LogP contribution >= 0.6 is 0 Å². The van der Waals surface area contributed by atoms with Gasteiger partial charge in [0.15, 0.2) is 0 Å². The van der Waals surface area contributed by atoms with E-state index in [1.54, 1.807) is 0 Å². The summed E-state index contributed by atoms with van der Waals surface area (Å²) in [5.74, 6) is -0.456. The van der Waals surface area contributed by atoms with Crippen LogP contribution in [0.4, 0.5) is 4.79 Å². The van der Waals surface area contributed by atoms with Crippen LogP contribution in [-0.2, 0) is 16.0 Å². The summed E-state index contributed by atoms with van der Waals surface area (Å²) >= 11 is 0. The minimum absolute atomic E-state index is 0.00928. The van der Waals surface area contributed by atoms with Gasteiger partial charge in [0.25, 0.3) is 0 Å². The van der Waals surface area contributed by atoms with E-state index in [0.717, 1.165) is 5.56 Å². The SMILES string of the molecule is COC(=O)C(Cc1ccccc1)NC(=O)NC(C)C. The number of benzene rings is 1. The zero-order valence-electron chi connectivity index (χ0n) is 11.5. The molecule has 1 aromatic rings. The summed E-state index contributed by atoms with van der Waals surface area (Å²) in [5, 5.41) is 5.30. The number of nitrogens with one attached hydrogen (secondary N) is 2. The molecule has 5 nitrogen and oxygen atoms in total. The molecule has 0 bridgehead atoms. The van der Waals surface area contributed by atoms with Gasteiger partial charge < -0.3 is 15.4 Å². The van der Waals surface area contributed by atoms with E-state index >= 15 is 0 Å². The lowest BCUT2D eigenvalue weighted by molar-refractivity contribution is -0.142. The maximum absolute atomic E-state index is 11.7. The number of carbonyl (C=O) groups is 2. The van der Waals surface area contributed by atoms with Crippen LogP contribution < -0.4 is 10.6 Å². The van der Waals surface area contributed by atoms with Gasteiger partial charge in [0, 0.05) is 12.5 Å². The molecule has 0 heterocycles. The summed E-state index contributed by atoms with van der Waals surface area (Å²) in [7, 11) is 1.31. The lowest BCUT2D eigenvalue weighted by atomic mass is 10.1. The minimum atomic E-state index is -0.689. The number of hydrogen-bond acceptors (Lipinski definition) is 3. The third-order valence-electron chi connectivity index (χ3n) is 2.49. The zero-order valence-corrected chi connectivity index (χ0v) is 11.5. The van der Waals surface area contributed by atoms with Crippen LogP contribution in [0.15, 0.2) is 30.3 Å². The van der Waals surface area contributed by atoms with Crippen molar-refractivity contribution in [2.24, 2.45) is 0 Å². The molecule has 0 aliphatic heterocycles. The van der Waals surface area contributed by atoms with Crippen molar-refractivity contribution in [1.29, 1.82) is 0 Å². The smallest absolute Gasteiger partial charge is 0.328 e. The molecule has 0 spiro atoms. The molecule has 2 amide bonds. The van der Waals surface area contributed by atoms with Crippen LogP contribution in [-0.4, -0.2) is 31.2 Å². The van der Waals surface area contributed by atoms with Gasteiger partial charge in [0.1, 0.15) is 6.04 Å². The molecule has 0 aliphatic carbocycles. The Morgan fingerprint density at radius 2 is 1.79 bits per heavy atom. The quantitative estimate of drug-likeness (QED) is 0.792. The first kappa shape index (κ1) is 15.0. The molecule has 1 atom stereocenters. The van der Waals surface area contributed by atoms with Gasteiger partial charge in [-0.2, -0.15) is 0 Å². The molecule has 19 heavy (non-hydrogen) atoms. The molecule has 1 aromatic carbocycles. The third-order valence-corrected chi connectivity index (χ3v) is 2.49. The van der Waals surface area contributed by atoms with Crippen molar-refractivity contribution >= 4 is 12.0 Å². The van der Waals surface area contributed by atoms with Crippen LogP contribution in [0.5, 0.6) is 0 Å². The topological polar surface area (TPSA) is 67.4 Å². The molecule has 1 unspecified atom stereocenters. The van der Waals surface area contributed by atoms with Crippen molar-refractivity contribution in [1.82, 2.24) is 10.6 Å². The van der Waals surface area contributed by atoms with Gasteiger partial charge >= 0.3 is 12.0 Å². The maximum atomic E-state index is 11.7. The number of urea groups is 1. The number of amides is 2. The van der Waals surface area contributed by atoms with Gasteiger partial charge in [0.2, 0.25) is 0 Å². The Hall–Kier alpha value is -2.04. The Morgan fingerprint density at radius 1 is 1.16 bits per heavy atom. The average Bonchev–Trinajstić information content (AvgIpc) is 2.37. The van der Waals surface area contributed by atoms with Crippen LogP contribution in [0.25, 0.3) is 0 Å². The van der Waals surface area contributed by atoms with Gasteiger partial charge in [-0.25, -0.2) is 9.59 Å². The van der Waals surface area contributed by atoms with Crippen LogP contribution in [0.2, 0.25) is 0 Å². The second-order valence-electron chi connectivity index (χ2n) is 4.54. The van der Waals surface area contributed by atoms with Gasteiger partial charge in [0.05, 0.1) is 7.11 Å². The first-order chi connectivity index (χ1) is 9.02. The molecule has 104 valence electrons. The summed E-state index contributed by atoms with van der Waals surface area (Å²) in [6, 6.07) is 8.42. The highest BCUT2D eigenvalue weighted by Gasteiger charge is 2.21. The van der Waals surface area contributed by atoms with Crippen molar-refractivity contribution in [2.45, 2.75) is 32.4 Å². The van der Waals surface area contributed by atoms with Crippen LogP contribution in [0, 0.1) is 0 Å². The second kappa shape index (κ2) is 7.41. The Balaban J connectivity index is 2.67. The molecule has 1 rings (SSSR count). The highest BCUT2D eigenvalue weighted by molar-refractivity contribution is 5.83. The monoisotopic (exact) mass is 264 g/mol. The summed E-state index contributed by atoms with van der Waals surface area (Å²) in [6.45, 7) is 3.70. The minimum Gasteiger partial charge on any atom is -0.467 e. The summed E-state index contributed by atoms with van der Waals surface area (Å²) < 4.78 is 4.71. The van der Waals surface area contributed by atoms with E-state index in [1.807, 2.05) is 44.2 Å². The van der Waals surface area contributed by atoms with Gasteiger partial charge in [-0.05, 0) is 19.4 Å². The fourth-order valence-corrected chi connectivity index (χ4v) is 1.65. The highest BCUT2D eigenvalue weighted by atomic mass is 16.5. The number of rotatable bonds is 5. The van der Waals surface area contributed by atoms with E-state index in [1.165, 1.54) is 7.11 Å². The third kappa shape index (κ3) is 5.42. The number of hydrogen-bond donors (Lipinski definition) is 2. The number of carbonyl (C=O) groups excluding carboxylic acids is 2. The summed E-state index contributed by atoms with van der Waals surface area (Å²) in [6.07, 6.45) is 0.402. The molecule has 0 saturated carbocycles. The van der Waals surface area contributed by atoms with Gasteiger partial charge in [-0.3, -0.25) is 0 Å². The van der Waals surface area contributed by atoms with E-state index in [2.05, 4.69) is 10.6 Å². The normalized spacial score (nSPS) is 11.8. The predicted molar refractivity (Wildman–Crippen MR) is 72.8 cm³/mol. The Labute approximate surface area is 113 Å². The second-order valence-corrected chi connectivity index (χ2v) is 4.54. The molecule has 0 aromatic heterocycles.